The van der Waals surface area contributed by atoms with Crippen LogP contribution in [0.4, 0.5) is 0 Å². The number of hydrogen-bond donors (Lipinski definition) is 1. The Labute approximate surface area is 64.9 Å². The molecule has 1 rings (SSSR count). The molecule has 11 heavy (non-hydrogen) atoms. The van der Waals surface area contributed by atoms with Crippen LogP contribution in [0.1, 0.15) is 20.3 Å². The minimum Gasteiger partial charge on any atom is -0.543 e. The van der Waals surface area contributed by atoms with Crippen LogP contribution in [0.2, 0.25) is 0 Å². The van der Waals surface area contributed by atoms with Gasteiger partial charge in [-0.3, -0.25) is 0 Å². The molecule has 58 valence electrons. The van der Waals surface area contributed by atoms with Gasteiger partial charge < -0.3 is 15.0 Å². The normalized spacial score (nSPS) is 9.45. The Kier molecular flexibility index (Phi) is 1.86. The lowest BCUT2D eigenvalue weighted by Gasteiger charge is -1.91. The van der Waals surface area contributed by atoms with Crippen LogP contribution < -0.4 is 5.11 Å². The zero-order valence-corrected chi connectivity index (χ0v) is 5.92. The van der Waals surface area contributed by atoms with E-state index in [0.29, 0.717) is 0 Å². The zero-order valence-electron chi connectivity index (χ0n) is 5.10. The van der Waals surface area contributed by atoms with Crippen LogP contribution in [0.5, 0.6) is 0 Å². The number of nitrogens with zero attached hydrogens (tertiary/aromatic N) is 1. The predicted octanol–water partition coefficient (Wildman–Crippen LogP) is -0.795. The van der Waals surface area contributed by atoms with Crippen molar-refractivity contribution in [1.29, 1.82) is 0 Å². The molecular formula is C5H2NO4S-. The molecule has 0 atom stereocenters. The predicted molar refractivity (Wildman–Crippen MR) is 33.4 cm³/mol. The average Bonchev–Trinajstić information content (AvgIpc) is 2.33. The first kappa shape index (κ1) is 7.67. The van der Waals surface area contributed by atoms with E-state index in [0.717, 1.165) is 16.7 Å². The lowest BCUT2D eigenvalue weighted by molar-refractivity contribution is -0.255. The van der Waals surface area contributed by atoms with E-state index in [4.69, 9.17) is 5.11 Å². The van der Waals surface area contributed by atoms with Crippen LogP contribution in [-0.2, 0) is 0 Å². The molecule has 0 radical (unpaired) electrons. The molecule has 6 heteroatoms. The van der Waals surface area contributed by atoms with E-state index in [2.05, 4.69) is 4.98 Å². The molecule has 1 heterocycles. The van der Waals surface area contributed by atoms with Crippen LogP contribution >= 0.6 is 11.3 Å². The molecule has 1 aromatic heterocycles. The molecule has 0 unspecified atom stereocenters. The largest absolute Gasteiger partial charge is 0.543 e. The van der Waals surface area contributed by atoms with Crippen LogP contribution in [0.3, 0.4) is 0 Å². The molecule has 1 N–H and O–H groups in total. The van der Waals surface area contributed by atoms with Gasteiger partial charge in [0.05, 0.1) is 11.7 Å². The Bertz CT molecular complexity index is 277. The SMILES string of the molecule is O=C([O-])c1csc(C(=O)O)n1. The highest BCUT2D eigenvalue weighted by molar-refractivity contribution is 7.11. The molecule has 1 aromatic rings. The number of carboxylic acid groups (broad SMARTS) is 2. The Balaban J connectivity index is 2.99. The van der Waals surface area contributed by atoms with Crippen LogP contribution in [0.25, 0.3) is 0 Å². The smallest absolute Gasteiger partial charge is 0.365 e. The maximum absolute atomic E-state index is 10.2. The third kappa shape index (κ3) is 1.53. The Morgan fingerprint density at radius 1 is 1.64 bits per heavy atom. The third-order valence-corrected chi connectivity index (χ3v) is 1.73. The number of carbonyl (C=O) groups excluding carboxylic acids is 1. The van der Waals surface area contributed by atoms with E-state index in [-0.39, 0.29) is 10.7 Å². The monoisotopic (exact) mass is 172 g/mol. The summed E-state index contributed by atoms with van der Waals surface area (Å²) in [5.41, 5.74) is -0.340. The van der Waals surface area contributed by atoms with Crippen molar-refractivity contribution in [1.82, 2.24) is 4.98 Å². The first-order valence-corrected chi connectivity index (χ1v) is 3.39. The Morgan fingerprint density at radius 3 is 2.55 bits per heavy atom. The molecule has 0 spiro atoms. The van der Waals surface area contributed by atoms with Crippen molar-refractivity contribution < 1.29 is 19.8 Å². The van der Waals surface area contributed by atoms with Crippen molar-refractivity contribution in [3.63, 3.8) is 0 Å². The fourth-order valence-corrected chi connectivity index (χ4v) is 1.09. The highest BCUT2D eigenvalue weighted by Crippen LogP contribution is 2.08. The molecule has 5 nitrogen and oxygen atoms in total. The van der Waals surface area contributed by atoms with Crippen molar-refractivity contribution in [3.05, 3.63) is 16.1 Å². The van der Waals surface area contributed by atoms with Gasteiger partial charge in [-0.05, 0) is 0 Å². The fourth-order valence-electron chi connectivity index (χ4n) is 0.466. The summed E-state index contributed by atoms with van der Waals surface area (Å²) in [6.45, 7) is 0. The zero-order chi connectivity index (χ0) is 8.43. The molecule has 0 saturated carbocycles. The van der Waals surface area contributed by atoms with Gasteiger partial charge in [0, 0.05) is 5.38 Å². The summed E-state index contributed by atoms with van der Waals surface area (Å²) >= 11 is 0.754. The first-order valence-electron chi connectivity index (χ1n) is 2.51. The van der Waals surface area contributed by atoms with Gasteiger partial charge in [-0.2, -0.15) is 0 Å². The average molecular weight is 172 g/mol. The van der Waals surface area contributed by atoms with E-state index in [1.165, 1.54) is 0 Å². The third-order valence-electron chi connectivity index (χ3n) is 0.896. The van der Waals surface area contributed by atoms with Crippen LogP contribution in [-0.4, -0.2) is 22.0 Å². The highest BCUT2D eigenvalue weighted by atomic mass is 32.1. The van der Waals surface area contributed by atoms with E-state index >= 15 is 0 Å². The van der Waals surface area contributed by atoms with Crippen molar-refractivity contribution in [2.45, 2.75) is 0 Å². The summed E-state index contributed by atoms with van der Waals surface area (Å²) in [5.74, 6) is -2.70. The molecule has 0 saturated heterocycles. The topological polar surface area (TPSA) is 90.3 Å². The standard InChI is InChI=1S/C5H3NO4S/c7-4(8)2-1-11-3(6-2)5(9)10/h1H,(H,7,8)(H,9,10)/p-1. The Hall–Kier alpha value is -1.43. The number of thiazole rings is 1. The molecule has 0 aromatic carbocycles. The van der Waals surface area contributed by atoms with Gasteiger partial charge in [-0.25, -0.2) is 9.78 Å². The van der Waals surface area contributed by atoms with Gasteiger partial charge in [-0.1, -0.05) is 0 Å². The summed E-state index contributed by atoms with van der Waals surface area (Å²) in [7, 11) is 0. The van der Waals surface area contributed by atoms with Crippen molar-refractivity contribution >= 4 is 23.3 Å². The van der Waals surface area contributed by atoms with E-state index in [1.54, 1.807) is 0 Å². The maximum atomic E-state index is 10.2. The van der Waals surface area contributed by atoms with E-state index in [9.17, 15) is 14.7 Å². The second-order valence-electron chi connectivity index (χ2n) is 1.63. The maximum Gasteiger partial charge on any atom is 0.365 e. The van der Waals surface area contributed by atoms with Gasteiger partial charge in [0.25, 0.3) is 0 Å². The van der Waals surface area contributed by atoms with Gasteiger partial charge >= 0.3 is 5.97 Å². The lowest BCUT2D eigenvalue weighted by Crippen LogP contribution is -2.22. The molecule has 0 aliphatic heterocycles. The minimum absolute atomic E-state index is 0.246. The van der Waals surface area contributed by atoms with Crippen molar-refractivity contribution in [3.8, 4) is 0 Å². The van der Waals surface area contributed by atoms with E-state index < -0.39 is 11.9 Å². The van der Waals surface area contributed by atoms with Crippen LogP contribution in [0.15, 0.2) is 5.38 Å². The lowest BCUT2D eigenvalue weighted by atomic mass is 10.5. The first-order chi connectivity index (χ1) is 5.11. The second kappa shape index (κ2) is 2.67. The molecule has 0 amide bonds. The molecule has 0 bridgehead atoms. The summed E-state index contributed by atoms with van der Waals surface area (Å²) in [6.07, 6.45) is 0. The van der Waals surface area contributed by atoms with Gasteiger partial charge in [0.2, 0.25) is 5.01 Å². The summed E-state index contributed by atoms with van der Waals surface area (Å²) in [5, 5.41) is 19.3. The van der Waals surface area contributed by atoms with Gasteiger partial charge in [-0.15, -0.1) is 11.3 Å². The Morgan fingerprint density at radius 2 is 2.27 bits per heavy atom. The summed E-state index contributed by atoms with van der Waals surface area (Å²) in [6, 6.07) is 0. The van der Waals surface area contributed by atoms with E-state index in [1.807, 2.05) is 0 Å². The number of carbonyl (C=O) groups is 2. The number of hydrogen-bond acceptors (Lipinski definition) is 5. The van der Waals surface area contributed by atoms with Crippen molar-refractivity contribution in [2.75, 3.05) is 0 Å². The number of carboxylic acids is 2. The molecular weight excluding hydrogens is 170 g/mol. The summed E-state index contributed by atoms with van der Waals surface area (Å²) < 4.78 is 0. The highest BCUT2D eigenvalue weighted by Gasteiger charge is 2.08. The van der Waals surface area contributed by atoms with Gasteiger partial charge in [0.15, 0.2) is 0 Å². The van der Waals surface area contributed by atoms with Crippen molar-refractivity contribution in [2.24, 2.45) is 0 Å². The molecule has 0 fully saturated rings. The molecule has 0 aliphatic rings. The number of aromatic carboxylic acids is 2. The van der Waals surface area contributed by atoms with Gasteiger partial charge in [0.1, 0.15) is 0 Å². The minimum atomic E-state index is -1.46. The molecule has 0 aliphatic carbocycles. The number of rotatable bonds is 2. The quantitative estimate of drug-likeness (QED) is 0.630. The fraction of sp³-hybridized carbons (Fsp3) is 0. The second-order valence-corrected chi connectivity index (χ2v) is 2.49. The van der Waals surface area contributed by atoms with Crippen LogP contribution in [0, 0.1) is 0 Å². The summed E-state index contributed by atoms with van der Waals surface area (Å²) in [4.78, 5) is 23.5. The number of aromatic nitrogens is 1.